The summed E-state index contributed by atoms with van der Waals surface area (Å²) in [5.74, 6) is -1.93. The Morgan fingerprint density at radius 1 is 0.947 bits per heavy atom. The van der Waals surface area contributed by atoms with Crippen molar-refractivity contribution in [3.8, 4) is 0 Å². The molecule has 2 nitrogen and oxygen atoms in total. The fourth-order valence-electron chi connectivity index (χ4n) is 1.84. The van der Waals surface area contributed by atoms with Crippen LogP contribution in [0, 0.1) is 11.6 Å². The second kappa shape index (κ2) is 5.71. The van der Waals surface area contributed by atoms with Crippen molar-refractivity contribution in [2.24, 2.45) is 5.73 Å². The minimum Gasteiger partial charge on any atom is -0.330 e. The van der Waals surface area contributed by atoms with E-state index < -0.39 is 17.4 Å². The molecule has 0 heterocycles. The van der Waals surface area contributed by atoms with Crippen LogP contribution in [0.4, 0.5) is 8.78 Å². The highest BCUT2D eigenvalue weighted by molar-refractivity contribution is 6.08. The second-order valence-corrected chi connectivity index (χ2v) is 4.22. The Hall–Kier alpha value is -2.07. The predicted octanol–water partition coefficient (Wildman–Crippen LogP) is 2.70. The topological polar surface area (TPSA) is 43.1 Å². The summed E-state index contributed by atoms with van der Waals surface area (Å²) in [5, 5.41) is 0. The smallest absolute Gasteiger partial charge is 0.193 e. The molecule has 4 heteroatoms. The van der Waals surface area contributed by atoms with Gasteiger partial charge in [-0.1, -0.05) is 24.3 Å². The van der Waals surface area contributed by atoms with Gasteiger partial charge in [0.1, 0.15) is 11.6 Å². The van der Waals surface area contributed by atoms with Crippen LogP contribution in [-0.4, -0.2) is 12.3 Å². The highest BCUT2D eigenvalue weighted by atomic mass is 19.1. The van der Waals surface area contributed by atoms with E-state index in [1.807, 2.05) is 0 Å². The van der Waals surface area contributed by atoms with Crippen LogP contribution in [0.1, 0.15) is 21.5 Å². The first-order chi connectivity index (χ1) is 9.10. The van der Waals surface area contributed by atoms with E-state index in [-0.39, 0.29) is 5.56 Å². The lowest BCUT2D eigenvalue weighted by molar-refractivity contribution is 0.103. The molecule has 0 atom stereocenters. The molecule has 0 fully saturated rings. The maximum absolute atomic E-state index is 13.1. The molecule has 0 unspecified atom stereocenters. The first-order valence-electron chi connectivity index (χ1n) is 5.90. The summed E-state index contributed by atoms with van der Waals surface area (Å²) < 4.78 is 26.1. The highest BCUT2D eigenvalue weighted by Crippen LogP contribution is 2.14. The Morgan fingerprint density at radius 3 is 2.05 bits per heavy atom. The molecule has 19 heavy (non-hydrogen) atoms. The van der Waals surface area contributed by atoms with E-state index in [0.717, 1.165) is 30.2 Å². The number of hydrogen-bond donors (Lipinski definition) is 1. The Labute approximate surface area is 109 Å². The third kappa shape index (κ3) is 3.23. The van der Waals surface area contributed by atoms with E-state index in [1.54, 1.807) is 24.3 Å². The van der Waals surface area contributed by atoms with Crippen molar-refractivity contribution in [1.82, 2.24) is 0 Å². The van der Waals surface area contributed by atoms with Gasteiger partial charge in [0.25, 0.3) is 0 Å². The molecule has 0 amide bonds. The molecule has 2 N–H and O–H groups in total. The molecular formula is C15H13F2NO. The zero-order valence-corrected chi connectivity index (χ0v) is 10.2. The summed E-state index contributed by atoms with van der Waals surface area (Å²) in [6.07, 6.45) is 0.725. The lowest BCUT2D eigenvalue weighted by Gasteiger charge is -2.04. The maximum Gasteiger partial charge on any atom is 0.193 e. The molecule has 98 valence electrons. The van der Waals surface area contributed by atoms with Crippen LogP contribution < -0.4 is 5.73 Å². The first-order valence-corrected chi connectivity index (χ1v) is 5.90. The van der Waals surface area contributed by atoms with Crippen molar-refractivity contribution in [1.29, 1.82) is 0 Å². The van der Waals surface area contributed by atoms with Crippen molar-refractivity contribution in [2.45, 2.75) is 6.42 Å². The van der Waals surface area contributed by atoms with Crippen molar-refractivity contribution in [2.75, 3.05) is 6.54 Å². The summed E-state index contributed by atoms with van der Waals surface area (Å²) in [6, 6.07) is 9.64. The molecule has 0 aliphatic heterocycles. The number of carbonyl (C=O) groups excluding carboxylic acids is 1. The van der Waals surface area contributed by atoms with Gasteiger partial charge in [0.15, 0.2) is 5.78 Å². The Bertz CT molecular complexity index is 573. The van der Waals surface area contributed by atoms with Crippen LogP contribution >= 0.6 is 0 Å². The van der Waals surface area contributed by atoms with Crippen molar-refractivity contribution in [3.05, 3.63) is 70.8 Å². The third-order valence-corrected chi connectivity index (χ3v) is 2.77. The van der Waals surface area contributed by atoms with Gasteiger partial charge < -0.3 is 5.73 Å². The zero-order chi connectivity index (χ0) is 13.8. The van der Waals surface area contributed by atoms with Crippen LogP contribution in [0.3, 0.4) is 0 Å². The fourth-order valence-corrected chi connectivity index (χ4v) is 1.84. The normalized spacial score (nSPS) is 10.5. The number of ketones is 1. The van der Waals surface area contributed by atoms with E-state index in [1.165, 1.54) is 0 Å². The molecule has 0 saturated heterocycles. The minimum absolute atomic E-state index is 0.00377. The molecule has 2 rings (SSSR count). The quantitative estimate of drug-likeness (QED) is 0.860. The molecule has 0 radical (unpaired) electrons. The largest absolute Gasteiger partial charge is 0.330 e. The summed E-state index contributed by atoms with van der Waals surface area (Å²) in [4.78, 5) is 12.1. The van der Waals surface area contributed by atoms with Crippen molar-refractivity contribution < 1.29 is 13.6 Å². The fraction of sp³-hybridized carbons (Fsp3) is 0.133. The third-order valence-electron chi connectivity index (χ3n) is 2.77. The Balaban J connectivity index is 2.28. The summed E-state index contributed by atoms with van der Waals surface area (Å²) >= 11 is 0. The van der Waals surface area contributed by atoms with Gasteiger partial charge >= 0.3 is 0 Å². The van der Waals surface area contributed by atoms with Crippen LogP contribution in [-0.2, 0) is 6.42 Å². The molecule has 2 aromatic carbocycles. The maximum atomic E-state index is 13.1. The second-order valence-electron chi connectivity index (χ2n) is 4.22. The highest BCUT2D eigenvalue weighted by Gasteiger charge is 2.11. The number of nitrogens with two attached hydrogens (primary N) is 1. The van der Waals surface area contributed by atoms with Gasteiger partial charge in [-0.3, -0.25) is 4.79 Å². The van der Waals surface area contributed by atoms with Crippen LogP contribution in [0.2, 0.25) is 0 Å². The number of halogens is 2. The molecule has 0 spiro atoms. The summed E-state index contributed by atoms with van der Waals surface area (Å²) in [6.45, 7) is 0.530. The zero-order valence-electron chi connectivity index (χ0n) is 10.2. The molecule has 0 bridgehead atoms. The first kappa shape index (κ1) is 13.4. The standard InChI is InChI=1S/C15H13F2NO/c16-13-7-12(8-14(17)9-13)15(19)11-3-1-10(2-4-11)5-6-18/h1-4,7-9H,5-6,18H2. The molecular weight excluding hydrogens is 248 g/mol. The average molecular weight is 261 g/mol. The molecule has 0 aliphatic carbocycles. The van der Waals surface area contributed by atoms with E-state index in [0.29, 0.717) is 12.1 Å². The van der Waals surface area contributed by atoms with Gasteiger partial charge in [0.2, 0.25) is 0 Å². The van der Waals surface area contributed by atoms with Crippen LogP contribution in [0.15, 0.2) is 42.5 Å². The number of rotatable bonds is 4. The van der Waals surface area contributed by atoms with Gasteiger partial charge in [-0.05, 0) is 30.7 Å². The van der Waals surface area contributed by atoms with Gasteiger partial charge in [0.05, 0.1) is 0 Å². The van der Waals surface area contributed by atoms with E-state index in [2.05, 4.69) is 0 Å². The van der Waals surface area contributed by atoms with Crippen molar-refractivity contribution >= 4 is 5.78 Å². The number of carbonyl (C=O) groups is 1. The van der Waals surface area contributed by atoms with Gasteiger partial charge in [-0.2, -0.15) is 0 Å². The monoisotopic (exact) mass is 261 g/mol. The van der Waals surface area contributed by atoms with E-state index in [4.69, 9.17) is 5.73 Å². The lowest BCUT2D eigenvalue weighted by Crippen LogP contribution is -2.05. The molecule has 0 saturated carbocycles. The number of hydrogen-bond acceptors (Lipinski definition) is 2. The molecule has 0 aliphatic rings. The Kier molecular flexibility index (Phi) is 4.02. The van der Waals surface area contributed by atoms with Crippen molar-refractivity contribution in [3.63, 3.8) is 0 Å². The van der Waals surface area contributed by atoms with Crippen LogP contribution in [0.5, 0.6) is 0 Å². The van der Waals surface area contributed by atoms with Gasteiger partial charge in [-0.15, -0.1) is 0 Å². The van der Waals surface area contributed by atoms with Gasteiger partial charge in [0, 0.05) is 17.2 Å². The Morgan fingerprint density at radius 2 is 1.53 bits per heavy atom. The number of benzene rings is 2. The van der Waals surface area contributed by atoms with E-state index in [9.17, 15) is 13.6 Å². The molecule has 2 aromatic rings. The predicted molar refractivity (Wildman–Crippen MR) is 69.0 cm³/mol. The summed E-state index contributed by atoms with van der Waals surface area (Å²) in [5.41, 5.74) is 6.85. The lowest BCUT2D eigenvalue weighted by atomic mass is 10.0. The van der Waals surface area contributed by atoms with Crippen LogP contribution in [0.25, 0.3) is 0 Å². The SMILES string of the molecule is NCCc1ccc(C(=O)c2cc(F)cc(F)c2)cc1. The molecule has 0 aromatic heterocycles. The minimum atomic E-state index is -0.761. The van der Waals surface area contributed by atoms with E-state index >= 15 is 0 Å². The average Bonchev–Trinajstić information content (AvgIpc) is 2.38. The van der Waals surface area contributed by atoms with Gasteiger partial charge in [-0.25, -0.2) is 8.78 Å². The summed E-state index contributed by atoms with van der Waals surface area (Å²) in [7, 11) is 0.